The first-order valence-corrected chi connectivity index (χ1v) is 7.29. The second-order valence-electron chi connectivity index (χ2n) is 4.73. The molecule has 20 heavy (non-hydrogen) atoms. The van der Waals surface area contributed by atoms with Crippen LogP contribution in [-0.2, 0) is 4.79 Å². The largest absolute Gasteiger partial charge is 0.370 e. The van der Waals surface area contributed by atoms with Gasteiger partial charge in [0.1, 0.15) is 5.82 Å². The third kappa shape index (κ3) is 2.87. The lowest BCUT2D eigenvalue weighted by molar-refractivity contribution is -0.118. The van der Waals surface area contributed by atoms with Crippen LogP contribution in [0.2, 0.25) is 10.0 Å². The van der Waals surface area contributed by atoms with Gasteiger partial charge >= 0.3 is 0 Å². The van der Waals surface area contributed by atoms with Gasteiger partial charge in [-0.3, -0.25) is 4.79 Å². The molecule has 0 saturated carbocycles. The van der Waals surface area contributed by atoms with Crippen molar-refractivity contribution in [3.05, 3.63) is 28.0 Å². The number of halogens is 3. The number of benzene rings is 1. The van der Waals surface area contributed by atoms with Crippen molar-refractivity contribution in [2.24, 2.45) is 5.73 Å². The smallest absolute Gasteiger partial charge is 0.219 e. The Hall–Kier alpha value is -0.970. The molecule has 0 aliphatic rings. The normalized spacial score (nSPS) is 14.4. The number of hydrogen-bond donors (Lipinski definition) is 1. The molecule has 2 aromatic rings. The summed E-state index contributed by atoms with van der Waals surface area (Å²) in [6, 6.07) is 3.26. The zero-order valence-electron chi connectivity index (χ0n) is 11.0. The summed E-state index contributed by atoms with van der Waals surface area (Å²) in [5.74, 6) is 0.279. The van der Waals surface area contributed by atoms with E-state index in [1.54, 1.807) is 12.1 Å². The van der Waals surface area contributed by atoms with Crippen molar-refractivity contribution in [2.45, 2.75) is 31.7 Å². The van der Waals surface area contributed by atoms with Gasteiger partial charge in [0, 0.05) is 12.5 Å². The Labute approximate surface area is 131 Å². The van der Waals surface area contributed by atoms with E-state index >= 15 is 0 Å². The van der Waals surface area contributed by atoms with Crippen molar-refractivity contribution in [1.29, 1.82) is 0 Å². The molecule has 1 aromatic heterocycles. The fourth-order valence-corrected chi connectivity index (χ4v) is 2.71. The van der Waals surface area contributed by atoms with Gasteiger partial charge < -0.3 is 10.3 Å². The average Bonchev–Trinajstić information content (AvgIpc) is 2.67. The molecule has 2 N–H and O–H groups in total. The molecule has 4 nitrogen and oxygen atoms in total. The molecule has 2 atom stereocenters. The number of rotatable bonds is 4. The van der Waals surface area contributed by atoms with E-state index in [1.807, 2.05) is 18.4 Å². The Morgan fingerprint density at radius 1 is 1.35 bits per heavy atom. The van der Waals surface area contributed by atoms with Gasteiger partial charge in [-0.25, -0.2) is 4.98 Å². The lowest BCUT2D eigenvalue weighted by atomic mass is 10.2. The number of imidazole rings is 1. The minimum atomic E-state index is -0.382. The van der Waals surface area contributed by atoms with Crippen LogP contribution in [0.4, 0.5) is 0 Å². The Balaban J connectivity index is 2.67. The molecule has 1 aromatic carbocycles. The summed E-state index contributed by atoms with van der Waals surface area (Å²) in [5, 5.41) is 0.552. The van der Waals surface area contributed by atoms with E-state index in [1.165, 1.54) is 0 Å². The molecule has 2 unspecified atom stereocenters. The SMILES string of the molecule is CC(Cl)c1nc2cc(Cl)c(Cl)cc2n1C(C)CC(N)=O. The van der Waals surface area contributed by atoms with Crippen LogP contribution < -0.4 is 5.73 Å². The Bertz CT molecular complexity index is 666. The van der Waals surface area contributed by atoms with Crippen LogP contribution in [0.3, 0.4) is 0 Å². The molecule has 1 heterocycles. The fourth-order valence-electron chi connectivity index (χ4n) is 2.24. The maximum atomic E-state index is 11.2. The third-order valence-electron chi connectivity index (χ3n) is 3.05. The van der Waals surface area contributed by atoms with Crippen molar-refractivity contribution < 1.29 is 4.79 Å². The van der Waals surface area contributed by atoms with E-state index in [4.69, 9.17) is 40.5 Å². The van der Waals surface area contributed by atoms with E-state index in [9.17, 15) is 4.79 Å². The summed E-state index contributed by atoms with van der Waals surface area (Å²) in [7, 11) is 0. The Kier molecular flexibility index (Phi) is 4.47. The number of hydrogen-bond acceptors (Lipinski definition) is 2. The van der Waals surface area contributed by atoms with Crippen LogP contribution in [0.25, 0.3) is 11.0 Å². The molecule has 0 fully saturated rings. The number of primary amides is 1. The molecule has 0 aliphatic carbocycles. The van der Waals surface area contributed by atoms with E-state index < -0.39 is 0 Å². The number of fused-ring (bicyclic) bond motifs is 1. The van der Waals surface area contributed by atoms with E-state index in [0.29, 0.717) is 21.4 Å². The quantitative estimate of drug-likeness (QED) is 0.856. The number of amides is 1. The lowest BCUT2D eigenvalue weighted by Crippen LogP contribution is -2.19. The standard InChI is InChI=1S/C13H14Cl3N3O/c1-6(3-12(17)20)19-11-5-9(16)8(15)4-10(11)18-13(19)7(2)14/h4-7H,3H2,1-2H3,(H2,17,20). The first-order chi connectivity index (χ1) is 9.31. The fraction of sp³-hybridized carbons (Fsp3) is 0.385. The highest BCUT2D eigenvalue weighted by atomic mass is 35.5. The monoisotopic (exact) mass is 333 g/mol. The Morgan fingerprint density at radius 3 is 2.50 bits per heavy atom. The van der Waals surface area contributed by atoms with Crippen LogP contribution in [-0.4, -0.2) is 15.5 Å². The molecule has 2 rings (SSSR count). The van der Waals surface area contributed by atoms with Crippen LogP contribution in [0.15, 0.2) is 12.1 Å². The zero-order chi connectivity index (χ0) is 15.0. The second kappa shape index (κ2) is 5.80. The average molecular weight is 335 g/mol. The summed E-state index contributed by atoms with van der Waals surface area (Å²) in [5.41, 5.74) is 6.75. The van der Waals surface area contributed by atoms with E-state index in [-0.39, 0.29) is 23.7 Å². The summed E-state index contributed by atoms with van der Waals surface area (Å²) < 4.78 is 1.89. The topological polar surface area (TPSA) is 60.9 Å². The van der Waals surface area contributed by atoms with Crippen LogP contribution in [0.1, 0.15) is 37.5 Å². The molecular weight excluding hydrogens is 321 g/mol. The van der Waals surface area contributed by atoms with Crippen LogP contribution in [0.5, 0.6) is 0 Å². The molecule has 0 aliphatic heterocycles. The molecule has 0 radical (unpaired) electrons. The molecule has 0 bridgehead atoms. The van der Waals surface area contributed by atoms with Crippen molar-refractivity contribution >= 4 is 51.7 Å². The van der Waals surface area contributed by atoms with Crippen molar-refractivity contribution in [3.63, 3.8) is 0 Å². The molecular formula is C13H14Cl3N3O. The van der Waals surface area contributed by atoms with Crippen LogP contribution in [0, 0.1) is 0 Å². The van der Waals surface area contributed by atoms with Gasteiger partial charge in [-0.05, 0) is 26.0 Å². The molecule has 108 valence electrons. The van der Waals surface area contributed by atoms with Gasteiger partial charge in [-0.15, -0.1) is 11.6 Å². The number of carbonyl (C=O) groups excluding carboxylic acids is 1. The minimum absolute atomic E-state index is 0.161. The maximum Gasteiger partial charge on any atom is 0.219 e. The zero-order valence-corrected chi connectivity index (χ0v) is 13.3. The number of carbonyl (C=O) groups is 1. The summed E-state index contributed by atoms with van der Waals surface area (Å²) in [6.45, 7) is 3.70. The molecule has 7 heteroatoms. The first kappa shape index (κ1) is 15.4. The van der Waals surface area contributed by atoms with Crippen molar-refractivity contribution in [2.75, 3.05) is 0 Å². The van der Waals surface area contributed by atoms with Crippen molar-refractivity contribution in [1.82, 2.24) is 9.55 Å². The second-order valence-corrected chi connectivity index (χ2v) is 6.20. The van der Waals surface area contributed by atoms with Gasteiger partial charge in [-0.1, -0.05) is 23.2 Å². The third-order valence-corrected chi connectivity index (χ3v) is 3.97. The predicted octanol–water partition coefficient (Wildman–Crippen LogP) is 4.08. The van der Waals surface area contributed by atoms with E-state index in [0.717, 1.165) is 5.52 Å². The highest BCUT2D eigenvalue weighted by Crippen LogP contribution is 2.33. The number of alkyl halides is 1. The molecule has 0 saturated heterocycles. The number of nitrogens with zero attached hydrogens (tertiary/aromatic N) is 2. The lowest BCUT2D eigenvalue weighted by Gasteiger charge is -2.17. The maximum absolute atomic E-state index is 11.2. The highest BCUT2D eigenvalue weighted by Gasteiger charge is 2.21. The summed E-state index contributed by atoms with van der Waals surface area (Å²) in [6.07, 6.45) is 0.197. The Morgan fingerprint density at radius 2 is 1.95 bits per heavy atom. The molecule has 1 amide bonds. The predicted molar refractivity (Wildman–Crippen MR) is 82.5 cm³/mol. The van der Waals surface area contributed by atoms with Gasteiger partial charge in [-0.2, -0.15) is 0 Å². The van der Waals surface area contributed by atoms with Crippen LogP contribution >= 0.6 is 34.8 Å². The number of nitrogens with two attached hydrogens (primary N) is 1. The van der Waals surface area contributed by atoms with E-state index in [2.05, 4.69) is 4.98 Å². The van der Waals surface area contributed by atoms with Crippen molar-refractivity contribution in [3.8, 4) is 0 Å². The minimum Gasteiger partial charge on any atom is -0.370 e. The molecule has 0 spiro atoms. The summed E-state index contributed by atoms with van der Waals surface area (Å²) >= 11 is 18.2. The number of aromatic nitrogens is 2. The van der Waals surface area contributed by atoms with Gasteiger partial charge in [0.05, 0.1) is 26.5 Å². The summed E-state index contributed by atoms with van der Waals surface area (Å²) in [4.78, 5) is 15.6. The first-order valence-electron chi connectivity index (χ1n) is 6.10. The van der Waals surface area contributed by atoms with Gasteiger partial charge in [0.2, 0.25) is 5.91 Å². The van der Waals surface area contributed by atoms with Gasteiger partial charge in [0.15, 0.2) is 0 Å². The highest BCUT2D eigenvalue weighted by molar-refractivity contribution is 6.42. The van der Waals surface area contributed by atoms with Gasteiger partial charge in [0.25, 0.3) is 0 Å².